The van der Waals surface area contributed by atoms with E-state index in [1.54, 1.807) is 36.4 Å². The Kier molecular flexibility index (Phi) is 5.76. The van der Waals surface area contributed by atoms with Crippen molar-refractivity contribution in [2.75, 3.05) is 20.0 Å². The van der Waals surface area contributed by atoms with Crippen molar-refractivity contribution in [1.82, 2.24) is 0 Å². The van der Waals surface area contributed by atoms with Crippen LogP contribution in [0.1, 0.15) is 18.1 Å². The number of hydrogen-bond acceptors (Lipinski definition) is 5. The van der Waals surface area contributed by atoms with Crippen LogP contribution in [0.2, 0.25) is 5.02 Å². The minimum Gasteiger partial charge on any atom is -0.490 e. The Hall–Kier alpha value is -3.28. The summed E-state index contributed by atoms with van der Waals surface area (Å²) in [6.07, 6.45) is 6.96. The third-order valence-electron chi connectivity index (χ3n) is 3.75. The number of nitrogens with zero attached hydrogens (tertiary/aromatic N) is 1. The first-order valence-corrected chi connectivity index (χ1v) is 8.58. The molecule has 5 nitrogen and oxygen atoms in total. The molecule has 3 rings (SSSR count). The Morgan fingerprint density at radius 1 is 1.26 bits per heavy atom. The summed E-state index contributed by atoms with van der Waals surface area (Å²) in [4.78, 5) is 0. The highest BCUT2D eigenvalue weighted by molar-refractivity contribution is 6.32. The van der Waals surface area contributed by atoms with Gasteiger partial charge in [-0.3, -0.25) is 0 Å². The fourth-order valence-electron chi connectivity index (χ4n) is 2.60. The van der Waals surface area contributed by atoms with E-state index in [4.69, 9.17) is 37.0 Å². The summed E-state index contributed by atoms with van der Waals surface area (Å²) in [5.41, 5.74) is 1.86. The van der Waals surface area contributed by atoms with E-state index in [9.17, 15) is 5.26 Å². The Morgan fingerprint density at radius 3 is 2.81 bits per heavy atom. The number of hydrogen-bond donors (Lipinski definition) is 0. The predicted molar refractivity (Wildman–Crippen MR) is 103 cm³/mol. The molecule has 0 aromatic heterocycles. The maximum Gasteiger partial charge on any atom is 0.231 e. The lowest BCUT2D eigenvalue weighted by Gasteiger charge is -2.13. The van der Waals surface area contributed by atoms with Gasteiger partial charge in [0.15, 0.2) is 23.0 Å². The standard InChI is InChI=1S/C21H16ClNO4/c1-3-7-25-21-17(22)9-14(10-20(21)24-4-2)8-16(12-23)15-5-6-18-19(11-15)27-13-26-18/h1,5-6,8-11H,4,7,13H2,2H3/b16-8+. The van der Waals surface area contributed by atoms with Gasteiger partial charge in [-0.15, -0.1) is 6.42 Å². The van der Waals surface area contributed by atoms with Crippen molar-refractivity contribution < 1.29 is 18.9 Å². The van der Waals surface area contributed by atoms with E-state index in [0.717, 1.165) is 0 Å². The maximum absolute atomic E-state index is 9.60. The van der Waals surface area contributed by atoms with Crippen molar-refractivity contribution in [3.05, 3.63) is 46.5 Å². The lowest BCUT2D eigenvalue weighted by molar-refractivity contribution is 0.174. The zero-order chi connectivity index (χ0) is 19.2. The molecular weight excluding hydrogens is 366 g/mol. The molecule has 1 aliphatic rings. The number of fused-ring (bicyclic) bond motifs is 1. The van der Waals surface area contributed by atoms with Gasteiger partial charge in [0.05, 0.1) is 23.3 Å². The SMILES string of the molecule is C#CCOc1c(Cl)cc(/C=C(\C#N)c2ccc3c(c2)OCO3)cc1OCC. The van der Waals surface area contributed by atoms with Crippen LogP contribution in [0.5, 0.6) is 23.0 Å². The lowest BCUT2D eigenvalue weighted by atomic mass is 10.0. The second kappa shape index (κ2) is 8.40. The topological polar surface area (TPSA) is 60.7 Å². The number of terminal acetylenes is 1. The van der Waals surface area contributed by atoms with Crippen molar-refractivity contribution in [3.8, 4) is 41.4 Å². The van der Waals surface area contributed by atoms with Crippen LogP contribution in [-0.4, -0.2) is 20.0 Å². The van der Waals surface area contributed by atoms with Gasteiger partial charge in [0.25, 0.3) is 0 Å². The minimum absolute atomic E-state index is 0.0790. The summed E-state index contributed by atoms with van der Waals surface area (Å²) in [5, 5.41) is 9.95. The van der Waals surface area contributed by atoms with Gasteiger partial charge in [0, 0.05) is 0 Å². The highest BCUT2D eigenvalue weighted by atomic mass is 35.5. The summed E-state index contributed by atoms with van der Waals surface area (Å²) in [6.45, 7) is 2.55. The molecule has 0 amide bonds. The zero-order valence-electron chi connectivity index (χ0n) is 14.6. The van der Waals surface area contributed by atoms with E-state index in [1.807, 2.05) is 6.92 Å². The molecule has 136 valence electrons. The quantitative estimate of drug-likeness (QED) is 0.417. The number of ether oxygens (including phenoxy) is 4. The molecule has 2 aromatic carbocycles. The lowest BCUT2D eigenvalue weighted by Crippen LogP contribution is -2.00. The van der Waals surface area contributed by atoms with Gasteiger partial charge in [-0.05, 0) is 54.5 Å². The van der Waals surface area contributed by atoms with Crippen LogP contribution < -0.4 is 18.9 Å². The van der Waals surface area contributed by atoms with E-state index in [0.29, 0.717) is 51.3 Å². The molecule has 0 saturated carbocycles. The van der Waals surface area contributed by atoms with Gasteiger partial charge in [-0.2, -0.15) is 5.26 Å². The molecular formula is C21H16ClNO4. The minimum atomic E-state index is 0.0790. The van der Waals surface area contributed by atoms with Gasteiger partial charge in [0.2, 0.25) is 6.79 Å². The number of benzene rings is 2. The summed E-state index contributed by atoms with van der Waals surface area (Å²) < 4.78 is 21.8. The molecule has 1 aliphatic heterocycles. The van der Waals surface area contributed by atoms with Gasteiger partial charge < -0.3 is 18.9 Å². The molecule has 2 aromatic rings. The van der Waals surface area contributed by atoms with Crippen molar-refractivity contribution in [2.24, 2.45) is 0 Å². The number of nitriles is 1. The molecule has 1 heterocycles. The fraction of sp³-hybridized carbons (Fsp3) is 0.190. The maximum atomic E-state index is 9.60. The molecule has 0 bridgehead atoms. The van der Waals surface area contributed by atoms with Gasteiger partial charge in [0.1, 0.15) is 6.61 Å². The van der Waals surface area contributed by atoms with E-state index in [-0.39, 0.29) is 13.4 Å². The van der Waals surface area contributed by atoms with Crippen molar-refractivity contribution in [1.29, 1.82) is 5.26 Å². The molecule has 0 fully saturated rings. The van der Waals surface area contributed by atoms with Crippen molar-refractivity contribution in [3.63, 3.8) is 0 Å². The van der Waals surface area contributed by atoms with E-state index in [2.05, 4.69) is 12.0 Å². The Bertz CT molecular complexity index is 969. The normalized spacial score (nSPS) is 12.2. The number of rotatable bonds is 6. The third-order valence-corrected chi connectivity index (χ3v) is 4.03. The summed E-state index contributed by atoms with van der Waals surface area (Å²) in [7, 11) is 0. The van der Waals surface area contributed by atoms with Gasteiger partial charge >= 0.3 is 0 Å². The molecule has 0 saturated heterocycles. The van der Waals surface area contributed by atoms with Gasteiger partial charge in [-0.25, -0.2) is 0 Å². The Labute approximate surface area is 162 Å². The molecule has 0 aliphatic carbocycles. The van der Waals surface area contributed by atoms with Crippen LogP contribution in [0.25, 0.3) is 11.6 Å². The van der Waals surface area contributed by atoms with Crippen LogP contribution in [-0.2, 0) is 0 Å². The predicted octanol–water partition coefficient (Wildman–Crippen LogP) is 4.54. The smallest absolute Gasteiger partial charge is 0.231 e. The second-order valence-electron chi connectivity index (χ2n) is 5.49. The monoisotopic (exact) mass is 381 g/mol. The average Bonchev–Trinajstić information content (AvgIpc) is 3.13. The number of halogens is 1. The molecule has 27 heavy (non-hydrogen) atoms. The highest BCUT2D eigenvalue weighted by Crippen LogP contribution is 2.38. The summed E-state index contributed by atoms with van der Waals surface area (Å²) >= 11 is 6.33. The second-order valence-corrected chi connectivity index (χ2v) is 5.90. The first kappa shape index (κ1) is 18.5. The summed E-state index contributed by atoms with van der Waals surface area (Å²) in [6, 6.07) is 11.0. The van der Waals surface area contributed by atoms with Crippen LogP contribution in [0.3, 0.4) is 0 Å². The summed E-state index contributed by atoms with van der Waals surface area (Å²) in [5.74, 6) is 4.52. The van der Waals surface area contributed by atoms with Crippen LogP contribution in [0.4, 0.5) is 0 Å². The largest absolute Gasteiger partial charge is 0.490 e. The van der Waals surface area contributed by atoms with Crippen LogP contribution >= 0.6 is 11.6 Å². The van der Waals surface area contributed by atoms with Crippen molar-refractivity contribution in [2.45, 2.75) is 6.92 Å². The fourth-order valence-corrected chi connectivity index (χ4v) is 2.87. The molecule has 0 unspecified atom stereocenters. The average molecular weight is 382 g/mol. The Morgan fingerprint density at radius 2 is 2.07 bits per heavy atom. The van der Waals surface area contributed by atoms with E-state index in [1.165, 1.54) is 0 Å². The first-order chi connectivity index (χ1) is 13.2. The molecule has 0 N–H and O–H groups in total. The van der Waals surface area contributed by atoms with E-state index >= 15 is 0 Å². The van der Waals surface area contributed by atoms with Crippen LogP contribution in [0.15, 0.2) is 30.3 Å². The highest BCUT2D eigenvalue weighted by Gasteiger charge is 2.16. The van der Waals surface area contributed by atoms with E-state index < -0.39 is 0 Å². The molecule has 0 atom stereocenters. The zero-order valence-corrected chi connectivity index (χ0v) is 15.4. The molecule has 0 radical (unpaired) electrons. The number of allylic oxidation sites excluding steroid dienone is 1. The third kappa shape index (κ3) is 4.11. The van der Waals surface area contributed by atoms with Crippen LogP contribution in [0, 0.1) is 23.7 Å². The van der Waals surface area contributed by atoms with Gasteiger partial charge in [-0.1, -0.05) is 17.5 Å². The van der Waals surface area contributed by atoms with Crippen molar-refractivity contribution >= 4 is 23.3 Å². The Balaban J connectivity index is 1.99. The molecule has 6 heteroatoms. The first-order valence-electron chi connectivity index (χ1n) is 8.20. The molecule has 0 spiro atoms.